The van der Waals surface area contributed by atoms with E-state index in [1.807, 2.05) is 0 Å². The first-order chi connectivity index (χ1) is 10.2. The zero-order valence-corrected chi connectivity index (χ0v) is 12.0. The van der Waals surface area contributed by atoms with Crippen molar-refractivity contribution in [3.8, 4) is 0 Å². The van der Waals surface area contributed by atoms with Crippen molar-refractivity contribution in [1.29, 1.82) is 0 Å². The molecule has 5 nitrogen and oxygen atoms in total. The highest BCUT2D eigenvalue weighted by atomic mass is 16.3. The number of hydrogen-bond donors (Lipinski definition) is 1. The number of rotatable bonds is 5. The molecule has 112 valence electrons. The molecule has 0 aromatic heterocycles. The molecular weight excluding hydrogens is 268 g/mol. The molecule has 0 aliphatic carbocycles. The highest BCUT2D eigenvalue weighted by molar-refractivity contribution is 6.21. The Kier molecular flexibility index (Phi) is 4.03. The maximum absolute atomic E-state index is 12.2. The Hall–Kier alpha value is -1.72. The summed E-state index contributed by atoms with van der Waals surface area (Å²) in [6.07, 6.45) is 2.39. The summed E-state index contributed by atoms with van der Waals surface area (Å²) in [4.78, 5) is 27.9. The van der Waals surface area contributed by atoms with Crippen molar-refractivity contribution in [3.05, 3.63) is 35.4 Å². The molecular formula is C16H20N2O3. The van der Waals surface area contributed by atoms with E-state index in [2.05, 4.69) is 4.90 Å². The van der Waals surface area contributed by atoms with Gasteiger partial charge in [0.15, 0.2) is 0 Å². The number of imide groups is 1. The molecule has 0 saturated carbocycles. The average molecular weight is 288 g/mol. The molecule has 1 aromatic rings. The van der Waals surface area contributed by atoms with Crippen LogP contribution < -0.4 is 0 Å². The molecule has 0 spiro atoms. The molecule has 2 amide bonds. The summed E-state index contributed by atoms with van der Waals surface area (Å²) in [5.74, 6) is -0.348. The minimum Gasteiger partial charge on any atom is -0.392 e. The molecule has 0 radical (unpaired) electrons. The fourth-order valence-electron chi connectivity index (χ4n) is 3.06. The van der Waals surface area contributed by atoms with Gasteiger partial charge in [-0.15, -0.1) is 0 Å². The summed E-state index contributed by atoms with van der Waals surface area (Å²) < 4.78 is 0. The third-order valence-electron chi connectivity index (χ3n) is 4.23. The lowest BCUT2D eigenvalue weighted by Gasteiger charge is -2.17. The van der Waals surface area contributed by atoms with E-state index in [0.717, 1.165) is 38.9 Å². The van der Waals surface area contributed by atoms with Crippen LogP contribution in [0.1, 0.15) is 40.0 Å². The van der Waals surface area contributed by atoms with Gasteiger partial charge in [-0.3, -0.25) is 14.5 Å². The van der Waals surface area contributed by atoms with E-state index < -0.39 is 0 Å². The van der Waals surface area contributed by atoms with Gasteiger partial charge in [-0.2, -0.15) is 0 Å². The van der Waals surface area contributed by atoms with Crippen molar-refractivity contribution < 1.29 is 14.7 Å². The summed E-state index contributed by atoms with van der Waals surface area (Å²) in [6, 6.07) is 6.99. The molecule has 2 aliphatic rings. The first-order valence-electron chi connectivity index (χ1n) is 7.52. The second-order valence-corrected chi connectivity index (χ2v) is 5.76. The van der Waals surface area contributed by atoms with Gasteiger partial charge in [-0.25, -0.2) is 0 Å². The Labute approximate surface area is 124 Å². The van der Waals surface area contributed by atoms with Crippen molar-refractivity contribution in [2.24, 2.45) is 0 Å². The van der Waals surface area contributed by atoms with Gasteiger partial charge in [0.05, 0.1) is 17.2 Å². The topological polar surface area (TPSA) is 60.9 Å². The number of aliphatic hydroxyl groups excluding tert-OH is 1. The van der Waals surface area contributed by atoms with Crippen LogP contribution in [0.15, 0.2) is 24.3 Å². The fourth-order valence-corrected chi connectivity index (χ4v) is 3.06. The van der Waals surface area contributed by atoms with Gasteiger partial charge in [0.1, 0.15) is 0 Å². The van der Waals surface area contributed by atoms with Gasteiger partial charge in [-0.05, 0) is 37.9 Å². The minimum absolute atomic E-state index is 0.174. The van der Waals surface area contributed by atoms with Gasteiger partial charge in [-0.1, -0.05) is 12.1 Å². The lowest BCUT2D eigenvalue weighted by atomic mass is 10.1. The van der Waals surface area contributed by atoms with Crippen LogP contribution in [0.2, 0.25) is 0 Å². The largest absolute Gasteiger partial charge is 0.392 e. The summed E-state index contributed by atoms with van der Waals surface area (Å²) in [7, 11) is 0. The zero-order chi connectivity index (χ0) is 14.8. The highest BCUT2D eigenvalue weighted by Crippen LogP contribution is 2.22. The smallest absolute Gasteiger partial charge is 0.261 e. The standard InChI is InChI=1S/C16H20N2O3/c19-12-7-10-17(11-12)8-3-4-9-18-15(20)13-5-1-2-6-14(13)16(18)21/h1-2,5-6,12,19H,3-4,7-11H2/t12-/m0/s1. The molecule has 2 aliphatic heterocycles. The van der Waals surface area contributed by atoms with Gasteiger partial charge >= 0.3 is 0 Å². The predicted octanol–water partition coefficient (Wildman–Crippen LogP) is 1.13. The Balaban J connectivity index is 1.48. The quantitative estimate of drug-likeness (QED) is 0.652. The predicted molar refractivity (Wildman–Crippen MR) is 78.1 cm³/mol. The number of aliphatic hydroxyl groups is 1. The minimum atomic E-state index is -0.193. The van der Waals surface area contributed by atoms with E-state index in [0.29, 0.717) is 17.7 Å². The van der Waals surface area contributed by atoms with Crippen LogP contribution in [0.4, 0.5) is 0 Å². The van der Waals surface area contributed by atoms with Crippen molar-refractivity contribution in [3.63, 3.8) is 0 Å². The molecule has 2 heterocycles. The number of carbonyl (C=O) groups is 2. The van der Waals surface area contributed by atoms with Crippen LogP contribution in [-0.2, 0) is 0 Å². The third kappa shape index (κ3) is 2.84. The molecule has 1 atom stereocenters. The normalized spacial score (nSPS) is 22.1. The van der Waals surface area contributed by atoms with Crippen LogP contribution in [0.3, 0.4) is 0 Å². The summed E-state index contributed by atoms with van der Waals surface area (Å²) in [5, 5.41) is 9.46. The Morgan fingerprint density at radius 3 is 2.24 bits per heavy atom. The number of β-amino-alcohol motifs (C(OH)–C–C–N with tert-alkyl or cyclic N) is 1. The number of fused-ring (bicyclic) bond motifs is 1. The maximum atomic E-state index is 12.2. The Bertz CT molecular complexity index is 523. The van der Waals surface area contributed by atoms with E-state index in [1.165, 1.54) is 4.90 Å². The van der Waals surface area contributed by atoms with Crippen LogP contribution in [0.25, 0.3) is 0 Å². The lowest BCUT2D eigenvalue weighted by Crippen LogP contribution is -2.31. The molecule has 5 heteroatoms. The number of amides is 2. The maximum Gasteiger partial charge on any atom is 0.261 e. The first-order valence-corrected chi connectivity index (χ1v) is 7.52. The molecule has 1 N–H and O–H groups in total. The van der Waals surface area contributed by atoms with Crippen LogP contribution in [0, 0.1) is 0 Å². The van der Waals surface area contributed by atoms with Crippen LogP contribution in [0.5, 0.6) is 0 Å². The van der Waals surface area contributed by atoms with E-state index in [-0.39, 0.29) is 17.9 Å². The van der Waals surface area contributed by atoms with Gasteiger partial charge in [0.2, 0.25) is 0 Å². The molecule has 1 saturated heterocycles. The molecule has 0 bridgehead atoms. The molecule has 21 heavy (non-hydrogen) atoms. The van der Waals surface area contributed by atoms with Crippen molar-refractivity contribution in [1.82, 2.24) is 9.80 Å². The second-order valence-electron chi connectivity index (χ2n) is 5.76. The van der Waals surface area contributed by atoms with Crippen molar-refractivity contribution in [2.45, 2.75) is 25.4 Å². The molecule has 1 fully saturated rings. The van der Waals surface area contributed by atoms with Crippen LogP contribution in [-0.4, -0.2) is 59.0 Å². The van der Waals surface area contributed by atoms with Crippen LogP contribution >= 0.6 is 0 Å². The highest BCUT2D eigenvalue weighted by Gasteiger charge is 2.34. The van der Waals surface area contributed by atoms with Gasteiger partial charge in [0.25, 0.3) is 11.8 Å². The van der Waals surface area contributed by atoms with E-state index in [9.17, 15) is 14.7 Å². The molecule has 1 aromatic carbocycles. The second kappa shape index (κ2) is 5.95. The number of nitrogens with zero attached hydrogens (tertiary/aromatic N) is 2. The van der Waals surface area contributed by atoms with Gasteiger partial charge in [0, 0.05) is 19.6 Å². The van der Waals surface area contributed by atoms with Crippen molar-refractivity contribution in [2.75, 3.05) is 26.2 Å². The van der Waals surface area contributed by atoms with E-state index in [4.69, 9.17) is 0 Å². The summed E-state index contributed by atoms with van der Waals surface area (Å²) >= 11 is 0. The first kappa shape index (κ1) is 14.2. The zero-order valence-electron chi connectivity index (χ0n) is 12.0. The summed E-state index contributed by atoms with van der Waals surface area (Å²) in [6.45, 7) is 3.07. The van der Waals surface area contributed by atoms with E-state index >= 15 is 0 Å². The lowest BCUT2D eigenvalue weighted by molar-refractivity contribution is 0.0650. The average Bonchev–Trinajstić information content (AvgIpc) is 3.00. The van der Waals surface area contributed by atoms with Gasteiger partial charge < -0.3 is 10.0 Å². The number of carbonyl (C=O) groups excluding carboxylic acids is 2. The number of unbranched alkanes of at least 4 members (excludes halogenated alkanes) is 1. The molecule has 3 rings (SSSR count). The number of likely N-dealkylation sites (tertiary alicyclic amines) is 1. The molecule has 0 unspecified atom stereocenters. The third-order valence-corrected chi connectivity index (χ3v) is 4.23. The Morgan fingerprint density at radius 1 is 1.05 bits per heavy atom. The summed E-state index contributed by atoms with van der Waals surface area (Å²) in [5.41, 5.74) is 1.04. The van der Waals surface area contributed by atoms with E-state index in [1.54, 1.807) is 24.3 Å². The number of hydrogen-bond acceptors (Lipinski definition) is 4. The SMILES string of the molecule is O=C1c2ccccc2C(=O)N1CCCCN1CC[C@H](O)C1. The number of benzene rings is 1. The Morgan fingerprint density at radius 2 is 1.67 bits per heavy atom. The monoisotopic (exact) mass is 288 g/mol. The van der Waals surface area contributed by atoms with Crippen molar-refractivity contribution >= 4 is 11.8 Å². The fraction of sp³-hybridized carbons (Fsp3) is 0.500.